The fourth-order valence-corrected chi connectivity index (χ4v) is 5.55. The molecule has 172 valence electrons. The summed E-state index contributed by atoms with van der Waals surface area (Å²) in [5, 5.41) is 5.79. The molecule has 0 aromatic heterocycles. The third-order valence-electron chi connectivity index (χ3n) is 4.86. The van der Waals surface area contributed by atoms with Crippen LogP contribution in [-0.2, 0) is 14.8 Å². The molecule has 0 aliphatic heterocycles. The number of amides is 1. The lowest BCUT2D eigenvalue weighted by atomic mass is 9.96. The number of hydrogen-bond donors (Lipinski definition) is 3. The van der Waals surface area contributed by atoms with Crippen molar-refractivity contribution in [3.63, 3.8) is 0 Å². The largest absolute Gasteiger partial charge is 0.482 e. The molecular weight excluding hydrogens is 538 g/mol. The summed E-state index contributed by atoms with van der Waals surface area (Å²) < 4.78 is 34.1. The highest BCUT2D eigenvalue weighted by Gasteiger charge is 2.21. The molecule has 7 nitrogen and oxygen atoms in total. The van der Waals surface area contributed by atoms with E-state index in [1.54, 1.807) is 30.3 Å². The Morgan fingerprint density at radius 2 is 1.81 bits per heavy atom. The lowest BCUT2D eigenvalue weighted by Crippen LogP contribution is -2.37. The first-order chi connectivity index (χ1) is 15.2. The minimum absolute atomic E-state index is 0.0103. The van der Waals surface area contributed by atoms with Gasteiger partial charge in [0.25, 0.3) is 5.91 Å². The minimum atomic E-state index is -3.57. The van der Waals surface area contributed by atoms with Gasteiger partial charge >= 0.3 is 0 Å². The molecule has 0 bridgehead atoms. The molecular formula is C21H23BrClN3O4S2. The van der Waals surface area contributed by atoms with E-state index in [2.05, 4.69) is 31.3 Å². The Morgan fingerprint density at radius 3 is 2.47 bits per heavy atom. The fraction of sp³-hybridized carbons (Fsp3) is 0.333. The van der Waals surface area contributed by atoms with E-state index in [-0.39, 0.29) is 22.7 Å². The molecule has 2 aromatic carbocycles. The van der Waals surface area contributed by atoms with Crippen molar-refractivity contribution in [2.45, 2.75) is 43.0 Å². The van der Waals surface area contributed by atoms with E-state index in [4.69, 9.17) is 28.6 Å². The molecule has 1 fully saturated rings. The molecule has 0 heterocycles. The van der Waals surface area contributed by atoms with Crippen molar-refractivity contribution in [1.82, 2.24) is 10.0 Å². The molecule has 2 aromatic rings. The zero-order valence-electron chi connectivity index (χ0n) is 17.1. The van der Waals surface area contributed by atoms with Gasteiger partial charge in [-0.3, -0.25) is 10.1 Å². The summed E-state index contributed by atoms with van der Waals surface area (Å²) >= 11 is 14.5. The average Bonchev–Trinajstić information content (AvgIpc) is 2.74. The van der Waals surface area contributed by atoms with Crippen molar-refractivity contribution in [1.29, 1.82) is 0 Å². The van der Waals surface area contributed by atoms with Gasteiger partial charge in [0, 0.05) is 16.2 Å². The summed E-state index contributed by atoms with van der Waals surface area (Å²) in [6.07, 6.45) is 4.97. The molecule has 0 radical (unpaired) electrons. The first kappa shape index (κ1) is 24.9. The van der Waals surface area contributed by atoms with Gasteiger partial charge in [0.05, 0.1) is 9.92 Å². The van der Waals surface area contributed by atoms with Crippen LogP contribution in [0.3, 0.4) is 0 Å². The van der Waals surface area contributed by atoms with E-state index >= 15 is 0 Å². The maximum atomic E-state index is 12.6. The number of carbonyl (C=O) groups excluding carboxylic acids is 1. The zero-order valence-corrected chi connectivity index (χ0v) is 21.0. The standard InChI is InChI=1S/C21H23BrClN3O4S2/c22-14-6-11-19(18(23)12-14)30-13-20(27)25-21(31)24-15-7-9-17(10-8-15)32(28,29)26-16-4-2-1-3-5-16/h6-12,16,26H,1-5,13H2,(H2,24,25,27,31). The Morgan fingerprint density at radius 1 is 1.12 bits per heavy atom. The molecule has 0 unspecified atom stereocenters. The maximum absolute atomic E-state index is 12.6. The van der Waals surface area contributed by atoms with Gasteiger partial charge in [-0.15, -0.1) is 0 Å². The van der Waals surface area contributed by atoms with Gasteiger partial charge in [-0.05, 0) is 67.5 Å². The van der Waals surface area contributed by atoms with Crippen LogP contribution >= 0.6 is 39.7 Å². The normalized spacial score (nSPS) is 14.6. The number of sulfonamides is 1. The topological polar surface area (TPSA) is 96.5 Å². The van der Waals surface area contributed by atoms with Gasteiger partial charge < -0.3 is 10.1 Å². The molecule has 0 spiro atoms. The number of halogens is 2. The molecule has 1 saturated carbocycles. The van der Waals surface area contributed by atoms with E-state index in [1.807, 2.05) is 0 Å². The molecule has 32 heavy (non-hydrogen) atoms. The number of rotatable bonds is 7. The maximum Gasteiger partial charge on any atom is 0.264 e. The van der Waals surface area contributed by atoms with E-state index in [0.717, 1.165) is 36.6 Å². The quantitative estimate of drug-likeness (QED) is 0.428. The molecule has 0 saturated heterocycles. The van der Waals surface area contributed by atoms with Gasteiger partial charge in [-0.2, -0.15) is 0 Å². The van der Waals surface area contributed by atoms with Crippen LogP contribution in [0, 0.1) is 0 Å². The number of anilines is 1. The first-order valence-electron chi connectivity index (χ1n) is 10.0. The lowest BCUT2D eigenvalue weighted by molar-refractivity contribution is -0.121. The van der Waals surface area contributed by atoms with Crippen molar-refractivity contribution in [3.05, 3.63) is 52.0 Å². The Hall–Kier alpha value is -1.72. The Labute approximate surface area is 206 Å². The Kier molecular flexibility index (Phi) is 8.89. The van der Waals surface area contributed by atoms with Gasteiger partial charge in [-0.25, -0.2) is 13.1 Å². The van der Waals surface area contributed by atoms with Crippen LogP contribution < -0.4 is 20.1 Å². The third-order valence-corrected chi connectivity index (χ3v) is 7.38. The smallest absolute Gasteiger partial charge is 0.264 e. The van der Waals surface area contributed by atoms with Crippen LogP contribution in [0.5, 0.6) is 5.75 Å². The van der Waals surface area contributed by atoms with Crippen molar-refractivity contribution in [3.8, 4) is 5.75 Å². The van der Waals surface area contributed by atoms with Crippen molar-refractivity contribution in [2.24, 2.45) is 0 Å². The monoisotopic (exact) mass is 559 g/mol. The number of nitrogens with one attached hydrogen (secondary N) is 3. The first-order valence-corrected chi connectivity index (χ1v) is 13.1. The van der Waals surface area contributed by atoms with E-state index < -0.39 is 15.9 Å². The molecule has 1 amide bonds. The van der Waals surface area contributed by atoms with Crippen LogP contribution in [0.4, 0.5) is 5.69 Å². The van der Waals surface area contributed by atoms with E-state index in [9.17, 15) is 13.2 Å². The fourth-order valence-electron chi connectivity index (χ4n) is 3.29. The molecule has 1 aliphatic carbocycles. The molecule has 0 atom stereocenters. The summed E-state index contributed by atoms with van der Waals surface area (Å²) in [7, 11) is -3.57. The van der Waals surface area contributed by atoms with Crippen LogP contribution in [0.15, 0.2) is 51.8 Å². The molecule has 3 N–H and O–H groups in total. The highest BCUT2D eigenvalue weighted by molar-refractivity contribution is 9.10. The third kappa shape index (κ3) is 7.41. The highest BCUT2D eigenvalue weighted by Crippen LogP contribution is 2.27. The van der Waals surface area contributed by atoms with Crippen LogP contribution in [0.2, 0.25) is 5.02 Å². The summed E-state index contributed by atoms with van der Waals surface area (Å²) in [6, 6.07) is 11.2. The van der Waals surface area contributed by atoms with Gasteiger partial charge in [-0.1, -0.05) is 46.8 Å². The summed E-state index contributed by atoms with van der Waals surface area (Å²) in [5.41, 5.74) is 0.545. The van der Waals surface area contributed by atoms with Gasteiger partial charge in [0.15, 0.2) is 11.7 Å². The zero-order chi connectivity index (χ0) is 23.1. The van der Waals surface area contributed by atoms with E-state index in [0.29, 0.717) is 16.5 Å². The highest BCUT2D eigenvalue weighted by atomic mass is 79.9. The number of benzene rings is 2. The van der Waals surface area contributed by atoms with Crippen molar-refractivity contribution >= 4 is 66.5 Å². The second kappa shape index (κ2) is 11.4. The number of thiocarbonyl (C=S) groups is 1. The predicted molar refractivity (Wildman–Crippen MR) is 133 cm³/mol. The van der Waals surface area contributed by atoms with Crippen LogP contribution in [-0.4, -0.2) is 32.1 Å². The minimum Gasteiger partial charge on any atom is -0.482 e. The van der Waals surface area contributed by atoms with Crippen LogP contribution in [0.1, 0.15) is 32.1 Å². The average molecular weight is 561 g/mol. The summed E-state index contributed by atoms with van der Waals surface area (Å²) in [5.74, 6) is -0.0834. The summed E-state index contributed by atoms with van der Waals surface area (Å²) in [6.45, 7) is -0.271. The lowest BCUT2D eigenvalue weighted by Gasteiger charge is -2.22. The van der Waals surface area contributed by atoms with Crippen molar-refractivity contribution < 1.29 is 17.9 Å². The molecule has 1 aliphatic rings. The number of hydrogen-bond acceptors (Lipinski definition) is 5. The number of ether oxygens (including phenoxy) is 1. The second-order valence-electron chi connectivity index (χ2n) is 7.35. The number of carbonyl (C=O) groups is 1. The molecule has 11 heteroatoms. The second-order valence-corrected chi connectivity index (χ2v) is 10.8. The Bertz CT molecular complexity index is 1070. The van der Waals surface area contributed by atoms with Crippen LogP contribution in [0.25, 0.3) is 0 Å². The molecule has 3 rings (SSSR count). The predicted octanol–water partition coefficient (Wildman–Crippen LogP) is 4.61. The van der Waals surface area contributed by atoms with E-state index in [1.165, 1.54) is 12.1 Å². The summed E-state index contributed by atoms with van der Waals surface area (Å²) in [4.78, 5) is 12.3. The van der Waals surface area contributed by atoms with Crippen molar-refractivity contribution in [2.75, 3.05) is 11.9 Å². The Balaban J connectivity index is 1.48. The SMILES string of the molecule is O=C(COc1ccc(Br)cc1Cl)NC(=S)Nc1ccc(S(=O)(=O)NC2CCCCC2)cc1. The van der Waals surface area contributed by atoms with Gasteiger partial charge in [0.1, 0.15) is 5.75 Å². The van der Waals surface area contributed by atoms with Gasteiger partial charge in [0.2, 0.25) is 10.0 Å².